The van der Waals surface area contributed by atoms with Crippen LogP contribution in [0.4, 0.5) is 5.69 Å². The number of alkyl halides is 1. The van der Waals surface area contributed by atoms with Crippen LogP contribution in [0.2, 0.25) is 0 Å². The first-order chi connectivity index (χ1) is 8.04. The molecule has 0 radical (unpaired) electrons. The fraction of sp³-hybridized carbons (Fsp3) is 0.200. The van der Waals surface area contributed by atoms with Crippen LogP contribution in [0, 0.1) is 21.4 Å². The summed E-state index contributed by atoms with van der Waals surface area (Å²) in [5.74, 6) is -0.476. The zero-order valence-electron chi connectivity index (χ0n) is 8.77. The van der Waals surface area contributed by atoms with E-state index in [0.717, 1.165) is 6.07 Å². The molecule has 0 aliphatic heterocycles. The highest BCUT2D eigenvalue weighted by Crippen LogP contribution is 2.32. The number of methoxy groups -OCH3 is 1. The van der Waals surface area contributed by atoms with E-state index in [1.807, 2.05) is 0 Å². The Morgan fingerprint density at radius 3 is 2.71 bits per heavy atom. The van der Waals surface area contributed by atoms with Gasteiger partial charge in [0.05, 0.1) is 17.4 Å². The van der Waals surface area contributed by atoms with Crippen LogP contribution >= 0.6 is 15.9 Å². The summed E-state index contributed by atoms with van der Waals surface area (Å²) >= 11 is 2.96. The minimum Gasteiger partial charge on any atom is -0.489 e. The number of nitro groups is 1. The average Bonchev–Trinajstić information content (AvgIpc) is 2.35. The molecule has 7 heteroatoms. The zero-order valence-corrected chi connectivity index (χ0v) is 10.4. The van der Waals surface area contributed by atoms with Crippen molar-refractivity contribution in [2.75, 3.05) is 12.4 Å². The second-order valence-corrected chi connectivity index (χ2v) is 3.56. The molecular weight excluding hydrogens is 292 g/mol. The van der Waals surface area contributed by atoms with Gasteiger partial charge in [0.1, 0.15) is 11.6 Å². The predicted molar refractivity (Wildman–Crippen MR) is 62.5 cm³/mol. The van der Waals surface area contributed by atoms with E-state index in [0.29, 0.717) is 0 Å². The maximum atomic E-state index is 11.4. The molecule has 0 aliphatic carbocycles. The van der Waals surface area contributed by atoms with Crippen LogP contribution in [0.5, 0.6) is 5.75 Å². The van der Waals surface area contributed by atoms with Gasteiger partial charge >= 0.3 is 5.69 Å². The topological polar surface area (TPSA) is 93.2 Å². The molecule has 0 unspecified atom stereocenters. The Morgan fingerprint density at radius 1 is 1.65 bits per heavy atom. The molecule has 17 heavy (non-hydrogen) atoms. The fourth-order valence-electron chi connectivity index (χ4n) is 1.28. The standard InChI is InChI=1S/C10H7BrN2O4/c1-17-10-7(5-12)2-6(9(14)4-11)3-8(10)13(15)16/h2-3H,4H2,1H3. The number of halogens is 1. The number of benzene rings is 1. The largest absolute Gasteiger partial charge is 0.489 e. The number of nitriles is 1. The molecule has 0 N–H and O–H groups in total. The quantitative estimate of drug-likeness (QED) is 0.367. The minimum absolute atomic E-state index is 0.0291. The molecule has 0 amide bonds. The number of carbonyl (C=O) groups is 1. The lowest BCUT2D eigenvalue weighted by Gasteiger charge is -2.05. The second kappa shape index (κ2) is 5.41. The number of ketones is 1. The highest BCUT2D eigenvalue weighted by Gasteiger charge is 2.22. The normalized spacial score (nSPS) is 9.47. The van der Waals surface area contributed by atoms with Crippen molar-refractivity contribution in [3.63, 3.8) is 0 Å². The van der Waals surface area contributed by atoms with E-state index in [1.54, 1.807) is 6.07 Å². The first kappa shape index (κ1) is 13.1. The summed E-state index contributed by atoms with van der Waals surface area (Å²) in [6.45, 7) is 0. The number of Topliss-reactive ketones (excluding diaryl/α,β-unsaturated/α-hetero) is 1. The molecule has 0 heterocycles. The molecule has 0 bridgehead atoms. The summed E-state index contributed by atoms with van der Waals surface area (Å²) in [5, 5.41) is 19.7. The van der Waals surface area contributed by atoms with E-state index in [-0.39, 0.29) is 28.0 Å². The summed E-state index contributed by atoms with van der Waals surface area (Å²) in [5.41, 5.74) is -0.326. The molecule has 0 aromatic heterocycles. The van der Waals surface area contributed by atoms with Crippen LogP contribution in [-0.2, 0) is 0 Å². The SMILES string of the molecule is COc1c(C#N)cc(C(=O)CBr)cc1[N+](=O)[O-]. The molecule has 0 atom stereocenters. The molecular formula is C10H7BrN2O4. The van der Waals surface area contributed by atoms with Gasteiger partial charge in [0.2, 0.25) is 5.75 Å². The van der Waals surface area contributed by atoms with Crippen LogP contribution < -0.4 is 4.74 Å². The van der Waals surface area contributed by atoms with Crippen molar-refractivity contribution < 1.29 is 14.5 Å². The van der Waals surface area contributed by atoms with Crippen molar-refractivity contribution in [3.8, 4) is 11.8 Å². The molecule has 6 nitrogen and oxygen atoms in total. The third-order valence-corrected chi connectivity index (χ3v) is 2.54. The van der Waals surface area contributed by atoms with E-state index in [1.165, 1.54) is 13.2 Å². The highest BCUT2D eigenvalue weighted by molar-refractivity contribution is 9.09. The van der Waals surface area contributed by atoms with Gasteiger partial charge in [-0.3, -0.25) is 14.9 Å². The molecule has 1 aromatic carbocycles. The van der Waals surface area contributed by atoms with Gasteiger partial charge in [-0.2, -0.15) is 5.26 Å². The first-order valence-corrected chi connectivity index (χ1v) is 5.53. The van der Waals surface area contributed by atoms with Crippen LogP contribution in [-0.4, -0.2) is 23.1 Å². The lowest BCUT2D eigenvalue weighted by Crippen LogP contribution is -2.04. The molecule has 88 valence electrons. The van der Waals surface area contributed by atoms with Gasteiger partial charge in [0.15, 0.2) is 5.78 Å². The van der Waals surface area contributed by atoms with Gasteiger partial charge in [-0.1, -0.05) is 15.9 Å². The monoisotopic (exact) mass is 298 g/mol. The van der Waals surface area contributed by atoms with E-state index in [2.05, 4.69) is 15.9 Å². The molecule has 0 saturated heterocycles. The maximum absolute atomic E-state index is 11.4. The predicted octanol–water partition coefficient (Wildman–Crippen LogP) is 2.05. The summed E-state index contributed by atoms with van der Waals surface area (Å²) < 4.78 is 4.81. The third-order valence-electron chi connectivity index (χ3n) is 2.03. The number of ether oxygens (including phenoxy) is 1. The van der Waals surface area contributed by atoms with E-state index in [4.69, 9.17) is 10.00 Å². The Hall–Kier alpha value is -1.94. The highest BCUT2D eigenvalue weighted by atomic mass is 79.9. The van der Waals surface area contributed by atoms with E-state index in [9.17, 15) is 14.9 Å². The zero-order chi connectivity index (χ0) is 13.0. The molecule has 0 spiro atoms. The van der Waals surface area contributed by atoms with Crippen LogP contribution in [0.15, 0.2) is 12.1 Å². The summed E-state index contributed by atoms with van der Waals surface area (Å²) in [6.07, 6.45) is 0. The van der Waals surface area contributed by atoms with Gasteiger partial charge in [-0.25, -0.2) is 0 Å². The van der Waals surface area contributed by atoms with Crippen molar-refractivity contribution >= 4 is 27.4 Å². The van der Waals surface area contributed by atoms with Crippen molar-refractivity contribution in [2.45, 2.75) is 0 Å². The van der Waals surface area contributed by atoms with Crippen molar-refractivity contribution in [3.05, 3.63) is 33.4 Å². The Morgan fingerprint density at radius 2 is 2.29 bits per heavy atom. The molecule has 1 rings (SSSR count). The van der Waals surface area contributed by atoms with Gasteiger partial charge < -0.3 is 4.74 Å². The van der Waals surface area contributed by atoms with Crippen molar-refractivity contribution in [1.29, 1.82) is 5.26 Å². The van der Waals surface area contributed by atoms with Crippen LogP contribution in [0.3, 0.4) is 0 Å². The van der Waals surface area contributed by atoms with E-state index < -0.39 is 10.6 Å². The summed E-state index contributed by atoms with van der Waals surface area (Å²) in [4.78, 5) is 21.6. The van der Waals surface area contributed by atoms with Crippen molar-refractivity contribution in [1.82, 2.24) is 0 Å². The minimum atomic E-state index is -0.690. The van der Waals surface area contributed by atoms with Gasteiger partial charge in [-0.15, -0.1) is 0 Å². The number of rotatable bonds is 4. The lowest BCUT2D eigenvalue weighted by molar-refractivity contribution is -0.385. The van der Waals surface area contributed by atoms with Crippen molar-refractivity contribution in [2.24, 2.45) is 0 Å². The summed E-state index contributed by atoms with van der Waals surface area (Å²) in [6, 6.07) is 4.14. The second-order valence-electron chi connectivity index (χ2n) is 3.00. The van der Waals surface area contributed by atoms with Gasteiger partial charge in [0, 0.05) is 11.6 Å². The van der Waals surface area contributed by atoms with Gasteiger partial charge in [0.25, 0.3) is 0 Å². The molecule has 0 fully saturated rings. The Balaban J connectivity index is 3.52. The summed E-state index contributed by atoms with van der Waals surface area (Å²) in [7, 11) is 1.23. The van der Waals surface area contributed by atoms with Crippen LogP contribution in [0.1, 0.15) is 15.9 Å². The Bertz CT molecular complexity index is 522. The van der Waals surface area contributed by atoms with Crippen LogP contribution in [0.25, 0.3) is 0 Å². The molecule has 0 saturated carbocycles. The molecule has 1 aromatic rings. The van der Waals surface area contributed by atoms with E-state index >= 15 is 0 Å². The number of hydrogen-bond donors (Lipinski definition) is 0. The number of carbonyl (C=O) groups excluding carboxylic acids is 1. The average molecular weight is 299 g/mol. The third kappa shape index (κ3) is 2.60. The lowest BCUT2D eigenvalue weighted by atomic mass is 10.1. The smallest absolute Gasteiger partial charge is 0.313 e. The first-order valence-electron chi connectivity index (χ1n) is 4.40. The van der Waals surface area contributed by atoms with Gasteiger partial charge in [-0.05, 0) is 6.07 Å². The number of nitrogens with zero attached hydrogens (tertiary/aromatic N) is 2. The number of hydrogen-bond acceptors (Lipinski definition) is 5. The Labute approximate surface area is 105 Å². The fourth-order valence-corrected chi connectivity index (χ4v) is 1.61. The molecule has 0 aliphatic rings. The maximum Gasteiger partial charge on any atom is 0.313 e. The Kier molecular flexibility index (Phi) is 4.17. The number of nitro benzene ring substituents is 1.